The Bertz CT molecular complexity index is 653. The van der Waals surface area contributed by atoms with Crippen LogP contribution in [-0.2, 0) is 20.4 Å². The highest BCUT2D eigenvalue weighted by atomic mass is 32.2. The van der Waals surface area contributed by atoms with E-state index in [0.717, 1.165) is 12.4 Å². The minimum atomic E-state index is 0.403. The molecule has 25 heavy (non-hydrogen) atoms. The van der Waals surface area contributed by atoms with Gasteiger partial charge in [-0.2, -0.15) is 0 Å². The normalized spacial score (nSPS) is 15.6. The maximum absolute atomic E-state index is 6.01. The molecule has 1 aliphatic rings. The Morgan fingerprint density at radius 1 is 0.800 bits per heavy atom. The molecule has 0 N–H and O–H groups in total. The van der Waals surface area contributed by atoms with Gasteiger partial charge in [0.2, 0.25) is 0 Å². The predicted octanol–water partition coefficient (Wildman–Crippen LogP) is 4.43. The quantitative estimate of drug-likeness (QED) is 0.488. The van der Waals surface area contributed by atoms with Crippen molar-refractivity contribution in [3.05, 3.63) is 36.4 Å². The van der Waals surface area contributed by atoms with Crippen LogP contribution in [0, 0.1) is 0 Å². The van der Waals surface area contributed by atoms with E-state index in [4.69, 9.17) is 14.2 Å². The first-order valence-corrected chi connectivity index (χ1v) is 10.9. The topological polar surface area (TPSA) is 27.7 Å². The van der Waals surface area contributed by atoms with Crippen LogP contribution in [0.1, 0.15) is 26.2 Å². The molecule has 2 aromatic rings. The van der Waals surface area contributed by atoms with Crippen molar-refractivity contribution in [2.24, 2.45) is 0 Å². The standard InChI is InChI=1S/C21H29O3S/c1-2-22-12-13-23-14-15-24-20-10-11-21(25-16-6-3-7-17-25)19-9-5-4-8-18(19)20/h4-5,8-11H,2-3,6-7,12-17H2,1H3/q+1. The third-order valence-electron chi connectivity index (χ3n) is 4.50. The van der Waals surface area contributed by atoms with Gasteiger partial charge in [0.25, 0.3) is 0 Å². The summed E-state index contributed by atoms with van der Waals surface area (Å²) < 4.78 is 16.8. The number of benzene rings is 2. The first-order chi connectivity index (χ1) is 12.4. The largest absolute Gasteiger partial charge is 0.491 e. The second-order valence-corrected chi connectivity index (χ2v) is 8.47. The van der Waals surface area contributed by atoms with Crippen molar-refractivity contribution < 1.29 is 14.2 Å². The molecule has 1 heterocycles. The second kappa shape index (κ2) is 10.0. The predicted molar refractivity (Wildman–Crippen MR) is 106 cm³/mol. The van der Waals surface area contributed by atoms with Crippen LogP contribution in [0.2, 0.25) is 0 Å². The van der Waals surface area contributed by atoms with Crippen molar-refractivity contribution in [1.29, 1.82) is 0 Å². The molecule has 0 spiro atoms. The van der Waals surface area contributed by atoms with E-state index in [1.165, 1.54) is 46.4 Å². The molecule has 2 aromatic carbocycles. The van der Waals surface area contributed by atoms with Gasteiger partial charge in [0, 0.05) is 28.3 Å². The first kappa shape index (κ1) is 18.6. The van der Waals surface area contributed by atoms with Gasteiger partial charge in [0.15, 0.2) is 4.90 Å². The Morgan fingerprint density at radius 2 is 1.52 bits per heavy atom. The molecule has 136 valence electrons. The molecule has 0 aromatic heterocycles. The molecule has 0 unspecified atom stereocenters. The van der Waals surface area contributed by atoms with Gasteiger partial charge >= 0.3 is 0 Å². The summed E-state index contributed by atoms with van der Waals surface area (Å²) in [5.41, 5.74) is 0. The van der Waals surface area contributed by atoms with Gasteiger partial charge in [-0.3, -0.25) is 0 Å². The van der Waals surface area contributed by atoms with E-state index in [1.807, 2.05) is 6.92 Å². The summed E-state index contributed by atoms with van der Waals surface area (Å²) in [4.78, 5) is 1.52. The van der Waals surface area contributed by atoms with Crippen LogP contribution in [0.4, 0.5) is 0 Å². The minimum absolute atomic E-state index is 0.403. The van der Waals surface area contributed by atoms with Crippen molar-refractivity contribution in [1.82, 2.24) is 0 Å². The Morgan fingerprint density at radius 3 is 2.32 bits per heavy atom. The van der Waals surface area contributed by atoms with Gasteiger partial charge in [-0.05, 0) is 44.4 Å². The lowest BCUT2D eigenvalue weighted by molar-refractivity contribution is 0.0406. The maximum Gasteiger partial charge on any atom is 0.162 e. The molecule has 0 saturated carbocycles. The van der Waals surface area contributed by atoms with E-state index in [2.05, 4.69) is 36.4 Å². The van der Waals surface area contributed by atoms with Crippen molar-refractivity contribution in [2.45, 2.75) is 31.1 Å². The average Bonchev–Trinajstić information content (AvgIpc) is 2.68. The van der Waals surface area contributed by atoms with Crippen LogP contribution in [-0.4, -0.2) is 44.5 Å². The summed E-state index contributed by atoms with van der Waals surface area (Å²) in [6.45, 7) is 5.16. The lowest BCUT2D eigenvalue weighted by Gasteiger charge is -2.16. The Kier molecular flexibility index (Phi) is 7.46. The highest BCUT2D eigenvalue weighted by Gasteiger charge is 2.27. The van der Waals surface area contributed by atoms with Crippen molar-refractivity contribution >= 4 is 21.7 Å². The molecule has 0 radical (unpaired) electrons. The van der Waals surface area contributed by atoms with Gasteiger partial charge in [-0.1, -0.05) is 18.2 Å². The van der Waals surface area contributed by atoms with Gasteiger partial charge < -0.3 is 14.2 Å². The zero-order chi connectivity index (χ0) is 17.3. The van der Waals surface area contributed by atoms with E-state index < -0.39 is 0 Å². The summed E-state index contributed by atoms with van der Waals surface area (Å²) in [5, 5.41) is 2.59. The zero-order valence-corrected chi connectivity index (χ0v) is 16.0. The van der Waals surface area contributed by atoms with Crippen LogP contribution in [0.5, 0.6) is 5.75 Å². The van der Waals surface area contributed by atoms with Crippen molar-refractivity contribution in [3.8, 4) is 5.75 Å². The monoisotopic (exact) mass is 361 g/mol. The Hall–Kier alpha value is -1.23. The van der Waals surface area contributed by atoms with Gasteiger partial charge in [-0.15, -0.1) is 0 Å². The number of fused-ring (bicyclic) bond motifs is 1. The molecule has 3 nitrogen and oxygen atoms in total. The second-order valence-electron chi connectivity index (χ2n) is 6.23. The number of rotatable bonds is 9. The highest BCUT2D eigenvalue weighted by molar-refractivity contribution is 7.97. The molecule has 3 rings (SSSR count). The van der Waals surface area contributed by atoms with Crippen molar-refractivity contribution in [2.75, 3.05) is 44.5 Å². The van der Waals surface area contributed by atoms with E-state index >= 15 is 0 Å². The third-order valence-corrected chi connectivity index (χ3v) is 7.04. The summed E-state index contributed by atoms with van der Waals surface area (Å²) >= 11 is 0. The summed E-state index contributed by atoms with van der Waals surface area (Å²) in [5.74, 6) is 3.66. The maximum atomic E-state index is 6.01. The van der Waals surface area contributed by atoms with Crippen LogP contribution in [0.25, 0.3) is 10.8 Å². The van der Waals surface area contributed by atoms with E-state index in [0.29, 0.717) is 37.3 Å². The van der Waals surface area contributed by atoms with Crippen molar-refractivity contribution in [3.63, 3.8) is 0 Å². The van der Waals surface area contributed by atoms with Crippen LogP contribution in [0.15, 0.2) is 41.3 Å². The van der Waals surface area contributed by atoms with Gasteiger partial charge in [0.1, 0.15) is 23.9 Å². The lowest BCUT2D eigenvalue weighted by Crippen LogP contribution is -2.18. The Balaban J connectivity index is 1.64. The molecular weight excluding hydrogens is 332 g/mol. The zero-order valence-electron chi connectivity index (χ0n) is 15.2. The molecule has 0 aliphatic carbocycles. The average molecular weight is 362 g/mol. The van der Waals surface area contributed by atoms with E-state index in [1.54, 1.807) is 0 Å². The van der Waals surface area contributed by atoms with E-state index in [9.17, 15) is 0 Å². The fourth-order valence-electron chi connectivity index (χ4n) is 3.25. The molecule has 0 bridgehead atoms. The van der Waals surface area contributed by atoms with E-state index in [-0.39, 0.29) is 0 Å². The molecule has 1 saturated heterocycles. The summed E-state index contributed by atoms with van der Waals surface area (Å²) in [6, 6.07) is 13.1. The fraction of sp³-hybridized carbons (Fsp3) is 0.524. The molecule has 0 atom stereocenters. The van der Waals surface area contributed by atoms with Crippen LogP contribution < -0.4 is 4.74 Å². The highest BCUT2D eigenvalue weighted by Crippen LogP contribution is 2.34. The third kappa shape index (κ3) is 5.13. The first-order valence-electron chi connectivity index (χ1n) is 9.37. The molecule has 1 fully saturated rings. The van der Waals surface area contributed by atoms with Gasteiger partial charge in [0.05, 0.1) is 19.8 Å². The number of ether oxygens (including phenoxy) is 3. The van der Waals surface area contributed by atoms with Gasteiger partial charge in [-0.25, -0.2) is 0 Å². The summed E-state index contributed by atoms with van der Waals surface area (Å²) in [6.07, 6.45) is 4.13. The fourth-order valence-corrected chi connectivity index (χ4v) is 5.75. The van der Waals surface area contributed by atoms with Crippen LogP contribution >= 0.6 is 0 Å². The molecule has 4 heteroatoms. The Labute approximate surface area is 154 Å². The lowest BCUT2D eigenvalue weighted by atomic mass is 10.1. The SMILES string of the molecule is CCOCCOCCOc1ccc([S+]2CCCCC2)c2ccccc12. The summed E-state index contributed by atoms with van der Waals surface area (Å²) in [7, 11) is 0.403. The smallest absolute Gasteiger partial charge is 0.162 e. The number of hydrogen-bond acceptors (Lipinski definition) is 3. The molecule has 1 aliphatic heterocycles. The molecule has 0 amide bonds. The van der Waals surface area contributed by atoms with Crippen LogP contribution in [0.3, 0.4) is 0 Å². The minimum Gasteiger partial charge on any atom is -0.491 e. The molecular formula is C21H29O3S+. The number of hydrogen-bond donors (Lipinski definition) is 0.